The molecule has 2 bridgehead atoms. The van der Waals surface area contributed by atoms with Gasteiger partial charge >= 0.3 is 5.97 Å². The van der Waals surface area contributed by atoms with Gasteiger partial charge in [0.2, 0.25) is 0 Å². The summed E-state index contributed by atoms with van der Waals surface area (Å²) in [6.07, 6.45) is 4.03. The molecule has 2 N–H and O–H groups in total. The number of fused-ring (bicyclic) bond motifs is 2. The number of hydrogen-bond donors (Lipinski definition) is 2. The summed E-state index contributed by atoms with van der Waals surface area (Å²) in [4.78, 5) is 10.6. The van der Waals surface area contributed by atoms with Crippen LogP contribution in [0.25, 0.3) is 0 Å². The third-order valence-electron chi connectivity index (χ3n) is 2.82. The van der Waals surface area contributed by atoms with E-state index in [4.69, 9.17) is 5.11 Å². The van der Waals surface area contributed by atoms with Crippen LogP contribution in [0.5, 0.6) is 0 Å². The summed E-state index contributed by atoms with van der Waals surface area (Å²) in [6, 6.07) is 0.990. The van der Waals surface area contributed by atoms with Gasteiger partial charge in [-0.15, -0.1) is 12.4 Å². The number of carbonyl (C=O) groups is 1. The summed E-state index contributed by atoms with van der Waals surface area (Å²) in [7, 11) is 0. The number of rotatable bonds is 1. The fraction of sp³-hybridized carbons (Fsp3) is 0.875. The first-order valence-corrected chi connectivity index (χ1v) is 4.24. The van der Waals surface area contributed by atoms with E-state index in [1.165, 1.54) is 12.8 Å². The Labute approximate surface area is 77.9 Å². The second kappa shape index (κ2) is 3.62. The Morgan fingerprint density at radius 1 is 1.25 bits per heavy atom. The highest BCUT2D eigenvalue weighted by Crippen LogP contribution is 2.30. The molecule has 2 aliphatic heterocycles. The number of piperidine rings is 1. The largest absolute Gasteiger partial charge is 0.481 e. The zero-order valence-corrected chi connectivity index (χ0v) is 7.64. The lowest BCUT2D eigenvalue weighted by Crippen LogP contribution is -2.40. The zero-order valence-electron chi connectivity index (χ0n) is 6.82. The SMILES string of the molecule is Cl.O=C(O)C1C[C@H]2CC[C@H](C1)N2. The van der Waals surface area contributed by atoms with E-state index in [-0.39, 0.29) is 18.3 Å². The summed E-state index contributed by atoms with van der Waals surface area (Å²) in [5.74, 6) is -0.683. The van der Waals surface area contributed by atoms with Gasteiger partial charge in [-0.2, -0.15) is 0 Å². The van der Waals surface area contributed by atoms with E-state index in [0.29, 0.717) is 12.1 Å². The first kappa shape index (κ1) is 9.81. The Kier molecular flexibility index (Phi) is 2.96. The molecule has 2 atom stereocenters. The van der Waals surface area contributed by atoms with Gasteiger partial charge in [-0.05, 0) is 25.7 Å². The minimum absolute atomic E-state index is 0. The standard InChI is InChI=1S/C8H13NO2.ClH/c10-8(11)5-3-6-1-2-7(4-5)9-6;/h5-7,9H,1-4H2,(H,10,11);1H/t6-,7-;/m1./s1. The van der Waals surface area contributed by atoms with Gasteiger partial charge in [0.1, 0.15) is 0 Å². The molecule has 2 saturated heterocycles. The van der Waals surface area contributed by atoms with Crippen molar-refractivity contribution in [2.24, 2.45) is 5.92 Å². The molecule has 0 aromatic rings. The predicted molar refractivity (Wildman–Crippen MR) is 47.6 cm³/mol. The number of carboxylic acid groups (broad SMARTS) is 1. The van der Waals surface area contributed by atoms with Crippen LogP contribution in [0.3, 0.4) is 0 Å². The highest BCUT2D eigenvalue weighted by molar-refractivity contribution is 5.85. The summed E-state index contributed by atoms with van der Waals surface area (Å²) < 4.78 is 0. The van der Waals surface area contributed by atoms with Crippen LogP contribution in [-0.4, -0.2) is 23.2 Å². The molecule has 3 nitrogen and oxygen atoms in total. The second-order valence-electron chi connectivity index (χ2n) is 3.64. The van der Waals surface area contributed by atoms with Crippen molar-refractivity contribution in [3.8, 4) is 0 Å². The number of halogens is 1. The maximum Gasteiger partial charge on any atom is 0.306 e. The molecule has 2 aliphatic rings. The van der Waals surface area contributed by atoms with Gasteiger partial charge in [0.05, 0.1) is 5.92 Å². The first-order valence-electron chi connectivity index (χ1n) is 4.24. The molecular formula is C8H14ClNO2. The van der Waals surface area contributed by atoms with Crippen LogP contribution < -0.4 is 5.32 Å². The van der Waals surface area contributed by atoms with Crippen molar-refractivity contribution in [3.63, 3.8) is 0 Å². The molecule has 2 heterocycles. The normalized spacial score (nSPS) is 38.8. The van der Waals surface area contributed by atoms with Crippen molar-refractivity contribution in [2.45, 2.75) is 37.8 Å². The van der Waals surface area contributed by atoms with Crippen LogP contribution in [0, 0.1) is 5.92 Å². The molecule has 0 aromatic carbocycles. The first-order chi connectivity index (χ1) is 5.25. The smallest absolute Gasteiger partial charge is 0.306 e. The van der Waals surface area contributed by atoms with E-state index in [1.807, 2.05) is 0 Å². The molecule has 70 valence electrons. The maximum absolute atomic E-state index is 10.6. The second-order valence-corrected chi connectivity index (χ2v) is 3.64. The highest BCUT2D eigenvalue weighted by Gasteiger charge is 2.36. The fourth-order valence-corrected chi connectivity index (χ4v) is 2.26. The highest BCUT2D eigenvalue weighted by atomic mass is 35.5. The molecule has 0 unspecified atom stereocenters. The number of nitrogens with one attached hydrogen (secondary N) is 1. The molecule has 12 heavy (non-hydrogen) atoms. The molecule has 0 aromatic heterocycles. The Morgan fingerprint density at radius 3 is 2.17 bits per heavy atom. The van der Waals surface area contributed by atoms with Gasteiger partial charge in [0, 0.05) is 12.1 Å². The Bertz CT molecular complexity index is 174. The molecule has 2 rings (SSSR count). The molecule has 0 saturated carbocycles. The van der Waals surface area contributed by atoms with Gasteiger partial charge in [-0.3, -0.25) is 4.79 Å². The average molecular weight is 192 g/mol. The monoisotopic (exact) mass is 191 g/mol. The Hall–Kier alpha value is -0.280. The number of aliphatic carboxylic acids is 1. The van der Waals surface area contributed by atoms with Crippen LogP contribution in [-0.2, 0) is 4.79 Å². The Balaban J connectivity index is 0.000000720. The van der Waals surface area contributed by atoms with E-state index in [1.54, 1.807) is 0 Å². The van der Waals surface area contributed by atoms with Gasteiger partial charge in [-0.1, -0.05) is 0 Å². The van der Waals surface area contributed by atoms with Crippen molar-refractivity contribution >= 4 is 18.4 Å². The Morgan fingerprint density at radius 2 is 1.75 bits per heavy atom. The molecule has 0 aliphatic carbocycles. The van der Waals surface area contributed by atoms with E-state index >= 15 is 0 Å². The summed E-state index contributed by atoms with van der Waals surface area (Å²) in [5, 5.41) is 12.2. The van der Waals surface area contributed by atoms with Crippen LogP contribution in [0.4, 0.5) is 0 Å². The molecule has 0 spiro atoms. The van der Waals surface area contributed by atoms with E-state index in [9.17, 15) is 4.79 Å². The van der Waals surface area contributed by atoms with Crippen LogP contribution in [0.1, 0.15) is 25.7 Å². The van der Waals surface area contributed by atoms with Crippen molar-refractivity contribution < 1.29 is 9.90 Å². The van der Waals surface area contributed by atoms with Crippen molar-refractivity contribution in [1.29, 1.82) is 0 Å². The maximum atomic E-state index is 10.6. The van der Waals surface area contributed by atoms with Gasteiger partial charge in [0.25, 0.3) is 0 Å². The van der Waals surface area contributed by atoms with Gasteiger partial charge < -0.3 is 10.4 Å². The lowest BCUT2D eigenvalue weighted by atomic mass is 9.93. The molecule has 0 radical (unpaired) electrons. The average Bonchev–Trinajstić information content (AvgIpc) is 2.30. The summed E-state index contributed by atoms with van der Waals surface area (Å²) in [6.45, 7) is 0. The fourth-order valence-electron chi connectivity index (χ4n) is 2.26. The van der Waals surface area contributed by atoms with Gasteiger partial charge in [-0.25, -0.2) is 0 Å². The quantitative estimate of drug-likeness (QED) is 0.651. The van der Waals surface area contributed by atoms with Crippen molar-refractivity contribution in [2.75, 3.05) is 0 Å². The third-order valence-corrected chi connectivity index (χ3v) is 2.82. The van der Waals surface area contributed by atoms with E-state index < -0.39 is 5.97 Å². The minimum atomic E-state index is -0.608. The minimum Gasteiger partial charge on any atom is -0.481 e. The molecule has 4 heteroatoms. The number of hydrogen-bond acceptors (Lipinski definition) is 2. The molecule has 0 amide bonds. The van der Waals surface area contributed by atoms with E-state index in [2.05, 4.69) is 5.32 Å². The number of carboxylic acids is 1. The summed E-state index contributed by atoms with van der Waals surface area (Å²) >= 11 is 0. The third kappa shape index (κ3) is 1.72. The van der Waals surface area contributed by atoms with Crippen LogP contribution in [0.2, 0.25) is 0 Å². The van der Waals surface area contributed by atoms with E-state index in [0.717, 1.165) is 12.8 Å². The zero-order chi connectivity index (χ0) is 7.84. The lowest BCUT2D eigenvalue weighted by Gasteiger charge is -2.25. The predicted octanol–water partition coefficient (Wildman–Crippen LogP) is 1.02. The van der Waals surface area contributed by atoms with Crippen LogP contribution in [0.15, 0.2) is 0 Å². The topological polar surface area (TPSA) is 49.3 Å². The lowest BCUT2D eigenvalue weighted by molar-refractivity contribution is -0.143. The van der Waals surface area contributed by atoms with Crippen molar-refractivity contribution in [1.82, 2.24) is 5.32 Å². The molecular weight excluding hydrogens is 178 g/mol. The van der Waals surface area contributed by atoms with Crippen LogP contribution >= 0.6 is 12.4 Å². The molecule has 2 fully saturated rings. The van der Waals surface area contributed by atoms with Gasteiger partial charge in [0.15, 0.2) is 0 Å². The van der Waals surface area contributed by atoms with Crippen molar-refractivity contribution in [3.05, 3.63) is 0 Å². The summed E-state index contributed by atoms with van der Waals surface area (Å²) in [5.41, 5.74) is 0.